The summed E-state index contributed by atoms with van der Waals surface area (Å²) >= 11 is 0. The van der Waals surface area contributed by atoms with Crippen molar-refractivity contribution >= 4 is 25.6 Å². The summed E-state index contributed by atoms with van der Waals surface area (Å²) in [4.78, 5) is 14.9. The molecule has 1 aliphatic rings. The van der Waals surface area contributed by atoms with Gasteiger partial charge in [-0.1, -0.05) is 12.1 Å². The second-order valence-electron chi connectivity index (χ2n) is 8.02. The van der Waals surface area contributed by atoms with Gasteiger partial charge in [-0.2, -0.15) is 0 Å². The highest BCUT2D eigenvalue weighted by molar-refractivity contribution is 7.91. The van der Waals surface area contributed by atoms with Crippen LogP contribution in [0.3, 0.4) is 0 Å². The zero-order chi connectivity index (χ0) is 24.0. The topological polar surface area (TPSA) is 118 Å². The fourth-order valence-electron chi connectivity index (χ4n) is 3.71. The van der Waals surface area contributed by atoms with Gasteiger partial charge in [-0.05, 0) is 66.3 Å². The number of carboxylic acid groups (broad SMARTS) is 1. The molecule has 0 bridgehead atoms. The number of pyridine rings is 1. The van der Waals surface area contributed by atoms with Crippen molar-refractivity contribution < 1.29 is 31.1 Å². The Morgan fingerprint density at radius 2 is 1.79 bits per heavy atom. The third-order valence-corrected chi connectivity index (χ3v) is 8.28. The van der Waals surface area contributed by atoms with Gasteiger partial charge in [-0.25, -0.2) is 26.0 Å². The van der Waals surface area contributed by atoms with Crippen LogP contribution in [-0.4, -0.2) is 39.2 Å². The number of carboxylic acids is 1. The van der Waals surface area contributed by atoms with Gasteiger partial charge in [0, 0.05) is 18.0 Å². The van der Waals surface area contributed by atoms with E-state index in [1.54, 1.807) is 18.2 Å². The summed E-state index contributed by atoms with van der Waals surface area (Å²) in [5.41, 5.74) is 0.844. The van der Waals surface area contributed by atoms with Gasteiger partial charge in [0.15, 0.2) is 19.7 Å². The lowest BCUT2D eigenvalue weighted by Gasteiger charge is -2.15. The van der Waals surface area contributed by atoms with Gasteiger partial charge in [0.1, 0.15) is 10.7 Å². The average molecular weight is 490 g/mol. The fraction of sp³-hybridized carbons (Fsp3) is 0.217. The molecule has 0 atom stereocenters. The van der Waals surface area contributed by atoms with Crippen molar-refractivity contribution in [3.05, 3.63) is 77.2 Å². The van der Waals surface area contributed by atoms with E-state index >= 15 is 0 Å². The molecule has 4 rings (SSSR count). The highest BCUT2D eigenvalue weighted by Crippen LogP contribution is 2.44. The number of benzene rings is 2. The van der Waals surface area contributed by atoms with E-state index < -0.39 is 42.1 Å². The summed E-state index contributed by atoms with van der Waals surface area (Å²) < 4.78 is 65.9. The minimum absolute atomic E-state index is 0.0210. The first-order valence-corrected chi connectivity index (χ1v) is 13.6. The molecule has 3 aromatic rings. The van der Waals surface area contributed by atoms with E-state index in [-0.39, 0.29) is 33.2 Å². The van der Waals surface area contributed by atoms with E-state index in [0.29, 0.717) is 5.56 Å². The molecule has 1 N–H and O–H groups in total. The van der Waals surface area contributed by atoms with E-state index in [1.165, 1.54) is 18.3 Å². The van der Waals surface area contributed by atoms with Crippen molar-refractivity contribution in [2.24, 2.45) is 0 Å². The van der Waals surface area contributed by atoms with Gasteiger partial charge < -0.3 is 5.11 Å². The Bertz CT molecular complexity index is 1460. The molecule has 10 heteroatoms. The molecule has 0 aliphatic heterocycles. The molecule has 0 saturated heterocycles. The van der Waals surface area contributed by atoms with Gasteiger partial charge >= 0.3 is 5.97 Å². The standard InChI is InChI=1S/C23H20FNO6S2/c1-32(28,29)22-11-16(18(12-19(22)24)20-4-2-3-9-25-20)13-33(30,31)21-10-15(23(26)27)7-8-17(21)14-5-6-14/h2-4,7-12,14H,5-6,13H2,1H3,(H,26,27). The first-order valence-electron chi connectivity index (χ1n) is 10.0. The molecule has 0 amide bonds. The maximum absolute atomic E-state index is 14.7. The smallest absolute Gasteiger partial charge is 0.335 e. The monoisotopic (exact) mass is 489 g/mol. The highest BCUT2D eigenvalue weighted by Gasteiger charge is 2.32. The largest absolute Gasteiger partial charge is 0.478 e. The molecule has 0 spiro atoms. The summed E-state index contributed by atoms with van der Waals surface area (Å²) in [6, 6.07) is 10.8. The number of aromatic nitrogens is 1. The Hall–Kier alpha value is -3.11. The van der Waals surface area contributed by atoms with Crippen LogP contribution in [0.5, 0.6) is 0 Å². The number of carbonyl (C=O) groups is 1. The first kappa shape index (κ1) is 23.1. The molecule has 33 heavy (non-hydrogen) atoms. The zero-order valence-electron chi connectivity index (χ0n) is 17.5. The van der Waals surface area contributed by atoms with Crippen molar-refractivity contribution in [3.8, 4) is 11.3 Å². The van der Waals surface area contributed by atoms with Crippen molar-refractivity contribution in [3.63, 3.8) is 0 Å². The lowest BCUT2D eigenvalue weighted by molar-refractivity contribution is 0.0696. The lowest BCUT2D eigenvalue weighted by atomic mass is 10.0. The number of nitrogens with zero attached hydrogens (tertiary/aromatic N) is 1. The number of aromatic carboxylic acids is 1. The number of hydrogen-bond donors (Lipinski definition) is 1. The minimum Gasteiger partial charge on any atom is -0.478 e. The maximum atomic E-state index is 14.7. The Kier molecular flexibility index (Phi) is 5.83. The van der Waals surface area contributed by atoms with Crippen LogP contribution in [0.1, 0.15) is 40.2 Å². The van der Waals surface area contributed by atoms with Crippen LogP contribution >= 0.6 is 0 Å². The van der Waals surface area contributed by atoms with Crippen LogP contribution < -0.4 is 0 Å². The third kappa shape index (κ3) is 4.81. The van der Waals surface area contributed by atoms with Crippen LogP contribution in [0.4, 0.5) is 4.39 Å². The minimum atomic E-state index is -4.12. The fourth-order valence-corrected chi connectivity index (χ4v) is 6.18. The van der Waals surface area contributed by atoms with Gasteiger partial charge in [-0.3, -0.25) is 4.98 Å². The highest BCUT2D eigenvalue weighted by atomic mass is 32.2. The van der Waals surface area contributed by atoms with Crippen LogP contribution in [-0.2, 0) is 25.4 Å². The Morgan fingerprint density at radius 1 is 1.06 bits per heavy atom. The Labute approximate surface area is 190 Å². The van der Waals surface area contributed by atoms with Gasteiger partial charge in [-0.15, -0.1) is 0 Å². The molecule has 7 nitrogen and oxygen atoms in total. The predicted molar refractivity (Wildman–Crippen MR) is 119 cm³/mol. The van der Waals surface area contributed by atoms with Gasteiger partial charge in [0.05, 0.1) is 21.9 Å². The van der Waals surface area contributed by atoms with Crippen LogP contribution in [0, 0.1) is 5.82 Å². The van der Waals surface area contributed by atoms with Crippen molar-refractivity contribution in [2.75, 3.05) is 6.26 Å². The molecule has 1 aromatic heterocycles. The number of rotatable bonds is 7. The molecule has 1 heterocycles. The van der Waals surface area contributed by atoms with E-state index in [2.05, 4.69) is 4.98 Å². The lowest BCUT2D eigenvalue weighted by Crippen LogP contribution is -2.12. The number of hydrogen-bond acceptors (Lipinski definition) is 6. The summed E-state index contributed by atoms with van der Waals surface area (Å²) in [5.74, 6) is -2.90. The second kappa shape index (κ2) is 8.35. The zero-order valence-corrected chi connectivity index (χ0v) is 19.2. The molecule has 172 valence electrons. The van der Waals surface area contributed by atoms with E-state index in [9.17, 15) is 31.1 Å². The maximum Gasteiger partial charge on any atom is 0.335 e. The molecule has 1 aliphatic carbocycles. The summed E-state index contributed by atoms with van der Waals surface area (Å²) in [6.45, 7) is 0. The quantitative estimate of drug-likeness (QED) is 0.536. The molecule has 2 aromatic carbocycles. The van der Waals surface area contributed by atoms with Crippen molar-refractivity contribution in [1.29, 1.82) is 0 Å². The summed E-state index contributed by atoms with van der Waals surface area (Å²) in [5, 5.41) is 9.35. The molecular weight excluding hydrogens is 469 g/mol. The van der Waals surface area contributed by atoms with E-state index in [1.807, 2.05) is 0 Å². The molecule has 1 saturated carbocycles. The van der Waals surface area contributed by atoms with E-state index in [0.717, 1.165) is 37.3 Å². The van der Waals surface area contributed by atoms with Crippen molar-refractivity contribution in [2.45, 2.75) is 34.3 Å². The van der Waals surface area contributed by atoms with Gasteiger partial charge in [0.2, 0.25) is 0 Å². The van der Waals surface area contributed by atoms with Gasteiger partial charge in [0.25, 0.3) is 0 Å². The Morgan fingerprint density at radius 3 is 2.36 bits per heavy atom. The average Bonchev–Trinajstić information content (AvgIpc) is 3.59. The van der Waals surface area contributed by atoms with E-state index in [4.69, 9.17) is 0 Å². The number of halogens is 1. The summed E-state index contributed by atoms with van der Waals surface area (Å²) in [7, 11) is -8.09. The molecule has 0 radical (unpaired) electrons. The van der Waals surface area contributed by atoms with Crippen LogP contribution in [0.25, 0.3) is 11.3 Å². The Balaban J connectivity index is 1.89. The molecule has 0 unspecified atom stereocenters. The predicted octanol–water partition coefficient (Wildman–Crippen LogP) is 3.84. The molecule has 1 fully saturated rings. The third-order valence-electron chi connectivity index (χ3n) is 5.46. The van der Waals surface area contributed by atoms with Crippen molar-refractivity contribution in [1.82, 2.24) is 4.98 Å². The SMILES string of the molecule is CS(=O)(=O)c1cc(CS(=O)(=O)c2cc(C(=O)O)ccc2C2CC2)c(-c2ccccn2)cc1F. The van der Waals surface area contributed by atoms with Crippen LogP contribution in [0.2, 0.25) is 0 Å². The molecular formula is C23H20FNO6S2. The normalized spacial score (nSPS) is 14.2. The number of sulfone groups is 2. The second-order valence-corrected chi connectivity index (χ2v) is 12.0. The summed E-state index contributed by atoms with van der Waals surface area (Å²) in [6.07, 6.45) is 3.88. The first-order chi connectivity index (χ1) is 15.5. The van der Waals surface area contributed by atoms with Crippen LogP contribution in [0.15, 0.2) is 64.5 Å².